The Labute approximate surface area is 148 Å². The average Bonchev–Trinajstić information content (AvgIpc) is 2.61. The van der Waals surface area contributed by atoms with Crippen molar-refractivity contribution in [3.63, 3.8) is 0 Å². The number of sulfonamides is 1. The first-order valence-electron chi connectivity index (χ1n) is 7.68. The largest absolute Gasteiger partial charge is 0.496 e. The van der Waals surface area contributed by atoms with Gasteiger partial charge in [0.25, 0.3) is 0 Å². The molecular weight excluding hydrogens is 342 g/mol. The van der Waals surface area contributed by atoms with Crippen LogP contribution in [0.25, 0.3) is 0 Å². The quantitative estimate of drug-likeness (QED) is 0.817. The lowest BCUT2D eigenvalue weighted by atomic mass is 10.1. The predicted octanol–water partition coefficient (Wildman–Crippen LogP) is 2.81. The fraction of sp³-hybridized carbons (Fsp3) is 0.333. The van der Waals surface area contributed by atoms with Gasteiger partial charge in [0.1, 0.15) is 5.75 Å². The second kappa shape index (κ2) is 7.76. The van der Waals surface area contributed by atoms with E-state index in [2.05, 4.69) is 4.72 Å². The lowest BCUT2D eigenvalue weighted by Crippen LogP contribution is -2.23. The number of hydrogen-bond acceptors (Lipinski definition) is 5. The molecule has 6 nitrogen and oxygen atoms in total. The smallest absolute Gasteiger partial charge is 0.240 e. The van der Waals surface area contributed by atoms with Gasteiger partial charge in [0.05, 0.1) is 26.2 Å². The monoisotopic (exact) mass is 365 g/mol. The molecule has 0 atom stereocenters. The van der Waals surface area contributed by atoms with E-state index in [1.807, 2.05) is 13.8 Å². The van der Waals surface area contributed by atoms with E-state index >= 15 is 0 Å². The molecule has 0 radical (unpaired) electrons. The highest BCUT2D eigenvalue weighted by molar-refractivity contribution is 7.89. The first-order chi connectivity index (χ1) is 11.8. The van der Waals surface area contributed by atoms with E-state index in [1.54, 1.807) is 30.3 Å². The topological polar surface area (TPSA) is 73.9 Å². The summed E-state index contributed by atoms with van der Waals surface area (Å²) in [5.74, 6) is 1.53. The van der Waals surface area contributed by atoms with Crippen LogP contribution in [0, 0.1) is 13.8 Å². The van der Waals surface area contributed by atoms with Crippen LogP contribution in [-0.2, 0) is 16.6 Å². The molecule has 0 aromatic heterocycles. The summed E-state index contributed by atoms with van der Waals surface area (Å²) in [5, 5.41) is 0. The summed E-state index contributed by atoms with van der Waals surface area (Å²) in [7, 11) is 0.929. The van der Waals surface area contributed by atoms with E-state index in [0.29, 0.717) is 22.8 Å². The highest BCUT2D eigenvalue weighted by atomic mass is 32.2. The van der Waals surface area contributed by atoms with E-state index in [0.717, 1.165) is 11.1 Å². The van der Waals surface area contributed by atoms with Crippen molar-refractivity contribution in [1.82, 2.24) is 4.72 Å². The van der Waals surface area contributed by atoms with E-state index in [9.17, 15) is 8.42 Å². The van der Waals surface area contributed by atoms with Crippen LogP contribution in [0.4, 0.5) is 0 Å². The summed E-state index contributed by atoms with van der Waals surface area (Å²) in [6, 6.07) is 8.40. The minimum atomic E-state index is -3.64. The van der Waals surface area contributed by atoms with Gasteiger partial charge in [0.15, 0.2) is 11.5 Å². The molecule has 0 aliphatic rings. The summed E-state index contributed by atoms with van der Waals surface area (Å²) in [6.45, 7) is 3.89. The van der Waals surface area contributed by atoms with Crippen LogP contribution < -0.4 is 18.9 Å². The predicted molar refractivity (Wildman–Crippen MR) is 96.0 cm³/mol. The Balaban J connectivity index is 2.29. The third-order valence-electron chi connectivity index (χ3n) is 4.03. The average molecular weight is 365 g/mol. The Hall–Kier alpha value is -2.25. The van der Waals surface area contributed by atoms with Gasteiger partial charge >= 0.3 is 0 Å². The highest BCUT2D eigenvalue weighted by Gasteiger charge is 2.17. The van der Waals surface area contributed by atoms with Crippen LogP contribution in [0.1, 0.15) is 16.7 Å². The zero-order chi connectivity index (χ0) is 18.6. The molecule has 136 valence electrons. The second-order valence-electron chi connectivity index (χ2n) is 5.59. The van der Waals surface area contributed by atoms with Crippen molar-refractivity contribution in [3.05, 3.63) is 47.0 Å². The normalized spacial score (nSPS) is 11.2. The summed E-state index contributed by atoms with van der Waals surface area (Å²) in [5.41, 5.74) is 2.61. The van der Waals surface area contributed by atoms with Gasteiger partial charge in [-0.3, -0.25) is 0 Å². The lowest BCUT2D eigenvalue weighted by molar-refractivity contribution is 0.347. The summed E-state index contributed by atoms with van der Waals surface area (Å²) < 4.78 is 43.5. The molecule has 1 N–H and O–H groups in total. The molecule has 0 heterocycles. The van der Waals surface area contributed by atoms with Gasteiger partial charge < -0.3 is 14.2 Å². The maximum atomic E-state index is 12.5. The maximum Gasteiger partial charge on any atom is 0.240 e. The van der Waals surface area contributed by atoms with Gasteiger partial charge in [-0.2, -0.15) is 0 Å². The fourth-order valence-electron chi connectivity index (χ4n) is 2.37. The van der Waals surface area contributed by atoms with Crippen LogP contribution in [0.2, 0.25) is 0 Å². The molecule has 0 spiro atoms. The molecule has 0 fully saturated rings. The maximum absolute atomic E-state index is 12.5. The highest BCUT2D eigenvalue weighted by Crippen LogP contribution is 2.34. The number of nitrogens with one attached hydrogen (secondary N) is 1. The molecule has 25 heavy (non-hydrogen) atoms. The number of rotatable bonds is 7. The molecule has 0 aliphatic heterocycles. The SMILES string of the molecule is COc1cc(OC)c(OC)cc1CNS(=O)(=O)c1ccc(C)c(C)c1. The molecule has 0 amide bonds. The van der Waals surface area contributed by atoms with E-state index in [-0.39, 0.29) is 11.4 Å². The van der Waals surface area contributed by atoms with Gasteiger partial charge in [-0.05, 0) is 43.2 Å². The zero-order valence-electron chi connectivity index (χ0n) is 15.0. The van der Waals surface area contributed by atoms with Crippen molar-refractivity contribution in [2.24, 2.45) is 0 Å². The lowest BCUT2D eigenvalue weighted by Gasteiger charge is -2.15. The van der Waals surface area contributed by atoms with Gasteiger partial charge in [-0.1, -0.05) is 6.07 Å². The van der Waals surface area contributed by atoms with Crippen molar-refractivity contribution in [3.8, 4) is 17.2 Å². The molecule has 0 saturated carbocycles. The first kappa shape index (κ1) is 19.1. The molecule has 2 aromatic carbocycles. The Morgan fingerprint density at radius 2 is 1.44 bits per heavy atom. The van der Waals surface area contributed by atoms with Crippen LogP contribution in [0.5, 0.6) is 17.2 Å². The van der Waals surface area contributed by atoms with Gasteiger partial charge in [-0.25, -0.2) is 13.1 Å². The van der Waals surface area contributed by atoms with Crippen molar-refractivity contribution >= 4 is 10.0 Å². The third kappa shape index (κ3) is 4.24. The van der Waals surface area contributed by atoms with Gasteiger partial charge in [-0.15, -0.1) is 0 Å². The second-order valence-corrected chi connectivity index (χ2v) is 7.36. The van der Waals surface area contributed by atoms with E-state index < -0.39 is 10.0 Å². The summed E-state index contributed by atoms with van der Waals surface area (Å²) in [4.78, 5) is 0.232. The van der Waals surface area contributed by atoms with Crippen LogP contribution >= 0.6 is 0 Å². The number of ether oxygens (including phenoxy) is 3. The fourth-order valence-corrected chi connectivity index (χ4v) is 3.46. The van der Waals surface area contributed by atoms with Crippen LogP contribution in [-0.4, -0.2) is 29.7 Å². The Bertz CT molecular complexity index is 862. The molecule has 2 rings (SSSR count). The van der Waals surface area contributed by atoms with Crippen molar-refractivity contribution in [2.75, 3.05) is 21.3 Å². The van der Waals surface area contributed by atoms with Crippen LogP contribution in [0.3, 0.4) is 0 Å². The Morgan fingerprint density at radius 1 is 0.840 bits per heavy atom. The minimum Gasteiger partial charge on any atom is -0.496 e. The summed E-state index contributed by atoms with van der Waals surface area (Å²) >= 11 is 0. The van der Waals surface area contributed by atoms with Crippen molar-refractivity contribution in [1.29, 1.82) is 0 Å². The molecule has 0 unspecified atom stereocenters. The Kier molecular flexibility index (Phi) is 5.92. The molecule has 0 bridgehead atoms. The molecule has 7 heteroatoms. The molecule has 0 saturated heterocycles. The van der Waals surface area contributed by atoms with E-state index in [4.69, 9.17) is 14.2 Å². The number of methoxy groups -OCH3 is 3. The Morgan fingerprint density at radius 3 is 2.00 bits per heavy atom. The van der Waals surface area contributed by atoms with Crippen molar-refractivity contribution < 1.29 is 22.6 Å². The third-order valence-corrected chi connectivity index (χ3v) is 5.43. The number of aryl methyl sites for hydroxylation is 2. The molecule has 0 aliphatic carbocycles. The molecule has 2 aromatic rings. The minimum absolute atomic E-state index is 0.0682. The standard InChI is InChI=1S/C18H23NO5S/c1-12-6-7-15(8-13(12)2)25(20,21)19-11-14-9-17(23-4)18(24-5)10-16(14)22-3/h6-10,19H,11H2,1-5H3. The number of hydrogen-bond donors (Lipinski definition) is 1. The van der Waals surface area contributed by atoms with Crippen molar-refractivity contribution in [2.45, 2.75) is 25.3 Å². The number of benzene rings is 2. The van der Waals surface area contributed by atoms with Gasteiger partial charge in [0, 0.05) is 18.2 Å². The molecular formula is C18H23NO5S. The zero-order valence-corrected chi connectivity index (χ0v) is 15.9. The van der Waals surface area contributed by atoms with Gasteiger partial charge in [0.2, 0.25) is 10.0 Å². The van der Waals surface area contributed by atoms with Crippen LogP contribution in [0.15, 0.2) is 35.2 Å². The first-order valence-corrected chi connectivity index (χ1v) is 9.16. The van der Waals surface area contributed by atoms with E-state index in [1.165, 1.54) is 21.3 Å². The summed E-state index contributed by atoms with van der Waals surface area (Å²) in [6.07, 6.45) is 0.